The van der Waals surface area contributed by atoms with Crippen LogP contribution >= 0.6 is 34.9 Å². The van der Waals surface area contributed by atoms with Crippen molar-refractivity contribution < 1.29 is 38.8 Å². The van der Waals surface area contributed by atoms with Gasteiger partial charge >= 0.3 is 17.1 Å². The highest BCUT2D eigenvalue weighted by atomic mass is 32.2. The molecule has 1 saturated heterocycles. The number of hydrogen-bond donors (Lipinski definition) is 6. The van der Waals surface area contributed by atoms with E-state index in [1.165, 1.54) is 42.8 Å². The first-order chi connectivity index (χ1) is 20.2. The molecule has 0 bridgehead atoms. The first-order valence-electron chi connectivity index (χ1n) is 12.7. The van der Waals surface area contributed by atoms with E-state index in [9.17, 15) is 29.4 Å². The SMILES string of the molecule is CCc1c(N)nc(SCC2=C(C(=O)O)N3C(=O)C(NC(=O)/C(=N\OC(C)(C)C(=O)O)c4csc(N)n4)[C@H]3SC2)[n+](C)c1N. The third-order valence-corrected chi connectivity index (χ3v) is 9.74. The lowest BCUT2D eigenvalue weighted by molar-refractivity contribution is -0.699. The second-order valence-electron chi connectivity index (χ2n) is 9.88. The lowest BCUT2D eigenvalue weighted by Gasteiger charge is -2.49. The fraction of sp³-hybridized carbons (Fsp3) is 0.417. The van der Waals surface area contributed by atoms with Gasteiger partial charge in [-0.1, -0.05) is 17.1 Å². The number of nitrogens with one attached hydrogen (secondary N) is 1. The van der Waals surface area contributed by atoms with E-state index in [1.807, 2.05) is 6.92 Å². The van der Waals surface area contributed by atoms with E-state index in [4.69, 9.17) is 22.0 Å². The number of anilines is 3. The number of aliphatic carboxylic acids is 2. The Kier molecular flexibility index (Phi) is 9.07. The number of carbonyl (C=O) groups is 4. The molecule has 4 rings (SSSR count). The monoisotopic (exact) mass is 652 g/mol. The fourth-order valence-electron chi connectivity index (χ4n) is 4.13. The van der Waals surface area contributed by atoms with Gasteiger partial charge in [0.25, 0.3) is 11.8 Å². The van der Waals surface area contributed by atoms with E-state index in [1.54, 1.807) is 11.6 Å². The fourth-order valence-corrected chi connectivity index (χ4v) is 7.15. The maximum absolute atomic E-state index is 13.2. The standard InChI is InChI=1S/C24H29N9O7S3/c1-5-10-15(25)30-23(32(4)16(10)26)43-7-9-6-41-19-13(18(35)33(19)14(9)20(36)37)29-17(34)12(11-8-42-22(27)28-11)31-40-24(2,3)21(38)39/h8,13,19H,5-7H2,1-4H3,(H8,25,26,27,28,29,34,36,37,38,39)/p+1/b31-12-/t13?,19-/m1/s1. The number of carboxylic acid groups (broad SMARTS) is 2. The summed E-state index contributed by atoms with van der Waals surface area (Å²) in [5.41, 5.74) is 16.8. The van der Waals surface area contributed by atoms with Crippen molar-refractivity contribution >= 4 is 81.1 Å². The van der Waals surface area contributed by atoms with Crippen molar-refractivity contribution in [2.24, 2.45) is 12.2 Å². The van der Waals surface area contributed by atoms with Crippen LogP contribution in [0.2, 0.25) is 0 Å². The van der Waals surface area contributed by atoms with Gasteiger partial charge in [-0.25, -0.2) is 19.1 Å². The number of thiazole rings is 1. The zero-order valence-electron chi connectivity index (χ0n) is 23.5. The summed E-state index contributed by atoms with van der Waals surface area (Å²) in [4.78, 5) is 64.9. The second kappa shape index (κ2) is 12.3. The minimum absolute atomic E-state index is 0.0153. The Balaban J connectivity index is 1.53. The minimum Gasteiger partial charge on any atom is -0.478 e. The maximum Gasteiger partial charge on any atom is 0.352 e. The Morgan fingerprint density at radius 1 is 1.28 bits per heavy atom. The molecule has 230 valence electrons. The number of carboxylic acids is 2. The van der Waals surface area contributed by atoms with Crippen molar-refractivity contribution in [3.05, 3.63) is 27.9 Å². The summed E-state index contributed by atoms with van der Waals surface area (Å²) in [5, 5.41) is 27.0. The summed E-state index contributed by atoms with van der Waals surface area (Å²) < 4.78 is 1.68. The molecule has 0 aromatic carbocycles. The number of oxime groups is 1. The highest BCUT2D eigenvalue weighted by molar-refractivity contribution is 8.01. The second-order valence-corrected chi connectivity index (χ2v) is 12.8. The van der Waals surface area contributed by atoms with Gasteiger partial charge in [-0.15, -0.1) is 23.1 Å². The highest BCUT2D eigenvalue weighted by Crippen LogP contribution is 2.41. The molecular formula is C24H30N9O7S3+. The Bertz CT molecular complexity index is 1570. The van der Waals surface area contributed by atoms with Crippen molar-refractivity contribution in [1.29, 1.82) is 0 Å². The Labute approximate surface area is 257 Å². The Hall–Kier alpha value is -4.10. The van der Waals surface area contributed by atoms with Crippen LogP contribution in [-0.4, -0.2) is 83.1 Å². The van der Waals surface area contributed by atoms with Gasteiger partial charge in [-0.2, -0.15) is 0 Å². The van der Waals surface area contributed by atoms with Crippen LogP contribution in [0.15, 0.2) is 27.0 Å². The smallest absolute Gasteiger partial charge is 0.352 e. The van der Waals surface area contributed by atoms with E-state index in [2.05, 4.69) is 20.4 Å². The average molecular weight is 653 g/mol. The van der Waals surface area contributed by atoms with Gasteiger partial charge in [0.2, 0.25) is 17.2 Å². The first-order valence-corrected chi connectivity index (χ1v) is 15.6. The zero-order chi connectivity index (χ0) is 31.8. The van der Waals surface area contributed by atoms with E-state index in [-0.39, 0.29) is 28.0 Å². The van der Waals surface area contributed by atoms with E-state index >= 15 is 0 Å². The number of nitrogens with zero attached hydrogens (tertiary/aromatic N) is 5. The molecule has 19 heteroatoms. The number of amides is 2. The molecule has 16 nitrogen and oxygen atoms in total. The maximum atomic E-state index is 13.2. The quantitative estimate of drug-likeness (QED) is 0.0459. The zero-order valence-corrected chi connectivity index (χ0v) is 25.9. The van der Waals surface area contributed by atoms with Crippen LogP contribution in [0.3, 0.4) is 0 Å². The number of thioether (sulfide) groups is 2. The van der Waals surface area contributed by atoms with E-state index < -0.39 is 46.5 Å². The summed E-state index contributed by atoms with van der Waals surface area (Å²) in [5.74, 6) is -2.92. The van der Waals surface area contributed by atoms with Crippen LogP contribution < -0.4 is 27.1 Å². The highest BCUT2D eigenvalue weighted by Gasteiger charge is 2.54. The molecule has 1 fully saturated rings. The average Bonchev–Trinajstić information content (AvgIpc) is 3.37. The number of β-lactam (4-membered cyclic amide) rings is 1. The van der Waals surface area contributed by atoms with Crippen LogP contribution in [0.5, 0.6) is 0 Å². The van der Waals surface area contributed by atoms with Crippen LogP contribution in [0.1, 0.15) is 32.0 Å². The van der Waals surface area contributed by atoms with Crippen LogP contribution in [0, 0.1) is 0 Å². The third kappa shape index (κ3) is 6.18. The molecule has 2 aliphatic heterocycles. The lowest BCUT2D eigenvalue weighted by Crippen LogP contribution is -2.71. The van der Waals surface area contributed by atoms with Crippen LogP contribution in [-0.2, 0) is 37.5 Å². The number of hydrogen-bond acceptors (Lipinski definition) is 14. The normalized spacial score (nSPS) is 18.7. The van der Waals surface area contributed by atoms with Gasteiger partial charge in [-0.3, -0.25) is 14.5 Å². The predicted octanol–water partition coefficient (Wildman–Crippen LogP) is -0.214. The summed E-state index contributed by atoms with van der Waals surface area (Å²) in [7, 11) is 1.73. The Morgan fingerprint density at radius 3 is 2.56 bits per heavy atom. The number of rotatable bonds is 11. The molecule has 0 saturated carbocycles. The molecule has 43 heavy (non-hydrogen) atoms. The predicted molar refractivity (Wildman–Crippen MR) is 160 cm³/mol. The minimum atomic E-state index is -1.77. The first kappa shape index (κ1) is 31.8. The molecule has 2 aromatic rings. The molecular weight excluding hydrogens is 623 g/mol. The summed E-state index contributed by atoms with van der Waals surface area (Å²) >= 11 is 3.53. The van der Waals surface area contributed by atoms with Gasteiger partial charge in [0.05, 0.1) is 12.6 Å². The summed E-state index contributed by atoms with van der Waals surface area (Å²) in [6.45, 7) is 4.39. The molecule has 2 atom stereocenters. The van der Waals surface area contributed by atoms with E-state index in [0.29, 0.717) is 28.8 Å². The molecule has 0 aliphatic carbocycles. The molecule has 2 aromatic heterocycles. The van der Waals surface area contributed by atoms with Crippen molar-refractivity contribution in [1.82, 2.24) is 20.2 Å². The largest absolute Gasteiger partial charge is 0.478 e. The molecule has 2 aliphatic rings. The summed E-state index contributed by atoms with van der Waals surface area (Å²) in [6, 6.07) is -1.09. The molecule has 4 heterocycles. The Morgan fingerprint density at radius 2 is 1.98 bits per heavy atom. The van der Waals surface area contributed by atoms with Crippen LogP contribution in [0.4, 0.5) is 16.8 Å². The van der Waals surface area contributed by atoms with Gasteiger partial charge in [0.1, 0.15) is 22.8 Å². The van der Waals surface area contributed by atoms with Gasteiger partial charge in [-0.05, 0) is 37.6 Å². The van der Waals surface area contributed by atoms with Gasteiger partial charge in [0.15, 0.2) is 10.8 Å². The van der Waals surface area contributed by atoms with E-state index in [0.717, 1.165) is 21.8 Å². The number of carbonyl (C=O) groups excluding carboxylic acids is 2. The van der Waals surface area contributed by atoms with Gasteiger partial charge < -0.3 is 37.6 Å². The molecule has 1 unspecified atom stereocenters. The molecule has 2 amide bonds. The van der Waals surface area contributed by atoms with Crippen LogP contribution in [0.25, 0.3) is 0 Å². The number of nitrogen functional groups attached to an aromatic ring is 3. The topological polar surface area (TPSA) is 253 Å². The number of aromatic nitrogens is 3. The third-order valence-electron chi connectivity index (χ3n) is 6.61. The van der Waals surface area contributed by atoms with Gasteiger partial charge in [0, 0.05) is 16.9 Å². The molecule has 0 radical (unpaired) electrons. The van der Waals surface area contributed by atoms with Crippen molar-refractivity contribution in [3.8, 4) is 0 Å². The molecule has 9 N–H and O–H groups in total. The summed E-state index contributed by atoms with van der Waals surface area (Å²) in [6.07, 6.45) is 0.600. The lowest BCUT2D eigenvalue weighted by atomic mass is 10.0. The number of nitrogens with two attached hydrogens (primary N) is 3. The van der Waals surface area contributed by atoms with Crippen molar-refractivity contribution in [3.63, 3.8) is 0 Å². The van der Waals surface area contributed by atoms with Crippen molar-refractivity contribution in [2.45, 2.75) is 49.4 Å². The number of fused-ring (bicyclic) bond motifs is 1. The van der Waals surface area contributed by atoms with Crippen molar-refractivity contribution in [2.75, 3.05) is 28.7 Å². The molecule has 0 spiro atoms.